The van der Waals surface area contributed by atoms with Gasteiger partial charge in [0.2, 0.25) is 0 Å². The third-order valence-corrected chi connectivity index (χ3v) is 4.69. The lowest BCUT2D eigenvalue weighted by Gasteiger charge is -2.08. The van der Waals surface area contributed by atoms with Crippen LogP contribution in [0.25, 0.3) is 0 Å². The van der Waals surface area contributed by atoms with Crippen LogP contribution < -0.4 is 9.47 Å². The lowest BCUT2D eigenvalue weighted by atomic mass is 10.1. The molecule has 1 aromatic carbocycles. The van der Waals surface area contributed by atoms with Gasteiger partial charge >= 0.3 is 5.97 Å². The summed E-state index contributed by atoms with van der Waals surface area (Å²) in [7, 11) is 0. The molecule has 0 fully saturated rings. The number of carbonyl (C=O) groups excluding carboxylic acids is 1. The van der Waals surface area contributed by atoms with Crippen LogP contribution in [0.15, 0.2) is 24.3 Å². The fraction of sp³-hybridized carbons (Fsp3) is 0.654. The maximum absolute atomic E-state index is 11.3. The lowest BCUT2D eigenvalue weighted by Crippen LogP contribution is -2.11. The van der Waals surface area contributed by atoms with E-state index in [2.05, 4.69) is 18.8 Å². The Morgan fingerprint density at radius 2 is 1.33 bits per heavy atom. The minimum Gasteiger partial charge on any atom is -0.494 e. The first-order chi connectivity index (χ1) is 14.6. The van der Waals surface area contributed by atoms with Gasteiger partial charge in [0, 0.05) is 6.42 Å². The molecule has 0 aliphatic rings. The van der Waals surface area contributed by atoms with E-state index in [4.69, 9.17) is 14.2 Å². The number of ether oxygens (including phenoxy) is 3. The van der Waals surface area contributed by atoms with E-state index >= 15 is 0 Å². The van der Waals surface area contributed by atoms with Crippen molar-refractivity contribution in [2.45, 2.75) is 85.0 Å². The minimum absolute atomic E-state index is 0.109. The van der Waals surface area contributed by atoms with Crippen LogP contribution in [0.3, 0.4) is 0 Å². The van der Waals surface area contributed by atoms with E-state index in [0.717, 1.165) is 37.4 Å². The van der Waals surface area contributed by atoms with Gasteiger partial charge in [-0.1, -0.05) is 77.6 Å². The average Bonchev–Trinajstić information content (AvgIpc) is 2.75. The first-order valence-electron chi connectivity index (χ1n) is 11.6. The summed E-state index contributed by atoms with van der Waals surface area (Å²) in [6.07, 6.45) is 12.0. The Hall–Kier alpha value is -2.15. The van der Waals surface area contributed by atoms with Gasteiger partial charge < -0.3 is 14.2 Å². The number of benzene rings is 1. The van der Waals surface area contributed by atoms with Crippen molar-refractivity contribution in [3.63, 3.8) is 0 Å². The number of carbonyl (C=O) groups is 1. The highest BCUT2D eigenvalue weighted by Gasteiger charge is 2.06. The van der Waals surface area contributed by atoms with Gasteiger partial charge in [-0.15, -0.1) is 0 Å². The van der Waals surface area contributed by atoms with Gasteiger partial charge in [0.1, 0.15) is 11.5 Å². The zero-order valence-corrected chi connectivity index (χ0v) is 19.2. The number of esters is 1. The van der Waals surface area contributed by atoms with Crippen LogP contribution in [0.2, 0.25) is 0 Å². The summed E-state index contributed by atoms with van der Waals surface area (Å²) in [5.74, 6) is 7.27. The maximum Gasteiger partial charge on any atom is 0.309 e. The molecule has 0 bridgehead atoms. The molecule has 0 radical (unpaired) electrons. The van der Waals surface area contributed by atoms with Crippen molar-refractivity contribution < 1.29 is 19.0 Å². The molecule has 0 atom stereocenters. The van der Waals surface area contributed by atoms with Crippen molar-refractivity contribution in [1.29, 1.82) is 0 Å². The molecule has 168 valence electrons. The third-order valence-electron chi connectivity index (χ3n) is 4.69. The SMILES string of the molecule is CCCCCCCCCCOc1ccc(OCCCC#CCOC(=O)C(C)C)cc1. The van der Waals surface area contributed by atoms with E-state index < -0.39 is 0 Å². The van der Waals surface area contributed by atoms with Gasteiger partial charge in [0.15, 0.2) is 6.61 Å². The highest BCUT2D eigenvalue weighted by atomic mass is 16.5. The number of unbranched alkanes of at least 4 members (excludes halogenated alkanes) is 8. The van der Waals surface area contributed by atoms with Gasteiger partial charge in [-0.05, 0) is 37.1 Å². The predicted octanol–water partition coefficient (Wildman–Crippen LogP) is 6.57. The first-order valence-corrected chi connectivity index (χ1v) is 11.6. The van der Waals surface area contributed by atoms with Crippen molar-refractivity contribution in [2.24, 2.45) is 5.92 Å². The number of rotatable bonds is 16. The van der Waals surface area contributed by atoms with Crippen LogP contribution in [-0.2, 0) is 9.53 Å². The van der Waals surface area contributed by atoms with E-state index in [-0.39, 0.29) is 18.5 Å². The van der Waals surface area contributed by atoms with Crippen LogP contribution >= 0.6 is 0 Å². The zero-order valence-electron chi connectivity index (χ0n) is 19.2. The van der Waals surface area contributed by atoms with Crippen LogP contribution in [0.1, 0.15) is 85.0 Å². The Morgan fingerprint density at radius 1 is 0.800 bits per heavy atom. The van der Waals surface area contributed by atoms with E-state index in [1.54, 1.807) is 0 Å². The first kappa shape index (κ1) is 25.9. The van der Waals surface area contributed by atoms with Crippen LogP contribution in [0.5, 0.6) is 11.5 Å². The van der Waals surface area contributed by atoms with Gasteiger partial charge in [-0.2, -0.15) is 0 Å². The lowest BCUT2D eigenvalue weighted by molar-refractivity contribution is -0.145. The van der Waals surface area contributed by atoms with Crippen molar-refractivity contribution in [3.05, 3.63) is 24.3 Å². The Labute approximate surface area is 183 Å². The molecule has 0 unspecified atom stereocenters. The molecular formula is C26H40O4. The molecule has 1 rings (SSSR count). The molecule has 1 aromatic rings. The van der Waals surface area contributed by atoms with E-state index in [9.17, 15) is 4.79 Å². The highest BCUT2D eigenvalue weighted by molar-refractivity contribution is 5.71. The number of hydrogen-bond donors (Lipinski definition) is 0. The molecule has 4 nitrogen and oxygen atoms in total. The normalized spacial score (nSPS) is 10.4. The fourth-order valence-corrected chi connectivity index (χ4v) is 2.82. The van der Waals surface area contributed by atoms with Crippen LogP contribution in [0.4, 0.5) is 0 Å². The number of hydrogen-bond acceptors (Lipinski definition) is 4. The zero-order chi connectivity index (χ0) is 21.9. The van der Waals surface area contributed by atoms with Crippen LogP contribution in [-0.4, -0.2) is 25.8 Å². The highest BCUT2D eigenvalue weighted by Crippen LogP contribution is 2.18. The predicted molar refractivity (Wildman–Crippen MR) is 123 cm³/mol. The average molecular weight is 417 g/mol. The van der Waals surface area contributed by atoms with Gasteiger partial charge in [-0.25, -0.2) is 0 Å². The van der Waals surface area contributed by atoms with Crippen molar-refractivity contribution in [2.75, 3.05) is 19.8 Å². The maximum atomic E-state index is 11.3. The summed E-state index contributed by atoms with van der Waals surface area (Å²) in [5, 5.41) is 0. The molecule has 0 aliphatic carbocycles. The molecular weight excluding hydrogens is 376 g/mol. The summed E-state index contributed by atoms with van der Waals surface area (Å²) < 4.78 is 16.5. The minimum atomic E-state index is -0.210. The molecule has 0 saturated heterocycles. The summed E-state index contributed by atoms with van der Waals surface area (Å²) >= 11 is 0. The fourth-order valence-electron chi connectivity index (χ4n) is 2.82. The van der Waals surface area contributed by atoms with Crippen molar-refractivity contribution >= 4 is 5.97 Å². The molecule has 0 spiro atoms. The molecule has 0 aromatic heterocycles. The monoisotopic (exact) mass is 416 g/mol. The van der Waals surface area contributed by atoms with Crippen molar-refractivity contribution in [3.8, 4) is 23.3 Å². The molecule has 0 saturated carbocycles. The second-order valence-electron chi connectivity index (χ2n) is 7.86. The smallest absolute Gasteiger partial charge is 0.309 e. The van der Waals surface area contributed by atoms with Crippen LogP contribution in [0, 0.1) is 17.8 Å². The topological polar surface area (TPSA) is 44.8 Å². The molecule has 0 aliphatic heterocycles. The third kappa shape index (κ3) is 13.9. The largest absolute Gasteiger partial charge is 0.494 e. The Morgan fingerprint density at radius 3 is 1.90 bits per heavy atom. The molecule has 30 heavy (non-hydrogen) atoms. The summed E-state index contributed by atoms with van der Waals surface area (Å²) in [5.41, 5.74) is 0. The van der Waals surface area contributed by atoms with Gasteiger partial charge in [-0.3, -0.25) is 4.79 Å². The Kier molecular flexibility index (Phi) is 15.3. The molecule has 0 amide bonds. The standard InChI is InChI=1S/C26H40O4/c1-4-5-6-7-8-9-10-13-20-28-24-16-18-25(19-17-24)29-21-14-11-12-15-22-30-26(27)23(2)3/h16-19,23H,4-11,13-14,20-22H2,1-3H3. The van der Waals surface area contributed by atoms with E-state index in [0.29, 0.717) is 6.61 Å². The Bertz CT molecular complexity index is 610. The Balaban J connectivity index is 2.03. The molecule has 0 heterocycles. The molecule has 4 heteroatoms. The summed E-state index contributed by atoms with van der Waals surface area (Å²) in [6, 6.07) is 7.81. The van der Waals surface area contributed by atoms with Gasteiger partial charge in [0.05, 0.1) is 19.1 Å². The van der Waals surface area contributed by atoms with Gasteiger partial charge in [0.25, 0.3) is 0 Å². The van der Waals surface area contributed by atoms with Crippen molar-refractivity contribution in [1.82, 2.24) is 0 Å². The summed E-state index contributed by atoms with van der Waals surface area (Å²) in [6.45, 7) is 7.42. The quantitative estimate of drug-likeness (QED) is 0.174. The second-order valence-corrected chi connectivity index (χ2v) is 7.86. The van der Waals surface area contributed by atoms with E-state index in [1.165, 1.54) is 44.9 Å². The van der Waals surface area contributed by atoms with E-state index in [1.807, 2.05) is 38.1 Å². The molecule has 0 N–H and O–H groups in total. The summed E-state index contributed by atoms with van der Waals surface area (Å²) in [4.78, 5) is 11.3. The second kappa shape index (κ2) is 17.7.